The number of halogens is 2. The lowest BCUT2D eigenvalue weighted by Gasteiger charge is -2.17. The van der Waals surface area contributed by atoms with Crippen molar-refractivity contribution in [3.05, 3.63) is 58.2 Å². The van der Waals surface area contributed by atoms with E-state index in [-0.39, 0.29) is 0 Å². The van der Waals surface area contributed by atoms with Crippen molar-refractivity contribution in [2.24, 2.45) is 14.1 Å². The second kappa shape index (κ2) is 13.1. The normalized spacial score (nSPS) is 10.7. The number of nitrogens with zero attached hydrogens (tertiary/aromatic N) is 2. The van der Waals surface area contributed by atoms with Gasteiger partial charge in [-0.1, -0.05) is 0 Å². The van der Waals surface area contributed by atoms with E-state index >= 15 is 0 Å². The number of rotatable bonds is 0. The minimum absolute atomic E-state index is 1.32. The van der Waals surface area contributed by atoms with Gasteiger partial charge < -0.3 is 0 Å². The molecular formula is C18H28Cl2N2O8. The molecule has 12 heteroatoms. The van der Waals surface area contributed by atoms with Crippen LogP contribution >= 0.6 is 0 Å². The van der Waals surface area contributed by atoms with E-state index in [0.29, 0.717) is 0 Å². The second-order valence-electron chi connectivity index (χ2n) is 6.50. The summed E-state index contributed by atoms with van der Waals surface area (Å²) < 4.78 is 72.3. The molecule has 0 unspecified atom stereocenters. The molecule has 0 saturated carbocycles. The molecule has 0 spiro atoms. The Hall–Kier alpha value is -1.44. The summed E-state index contributed by atoms with van der Waals surface area (Å²) in [5.41, 5.74) is 7.95. The summed E-state index contributed by atoms with van der Waals surface area (Å²) in [6.07, 6.45) is 0. The first-order chi connectivity index (χ1) is 13.2. The Morgan fingerprint density at radius 3 is 0.733 bits per heavy atom. The monoisotopic (exact) mass is 470 g/mol. The maximum Gasteiger partial charge on any atom is 0.178 e. The molecule has 0 bridgehead atoms. The van der Waals surface area contributed by atoms with Crippen molar-refractivity contribution < 1.29 is 66.9 Å². The SMILES string of the molecule is Cc1cc(C)[n+](C)c(C)c1.Cc1cc(C)[n+](C)c(C)c1.[O-][Cl+3]([O-])([O-])[O-].[O-][Cl+3]([O-])([O-])[O-]. The van der Waals surface area contributed by atoms with Gasteiger partial charge in [0.25, 0.3) is 0 Å². The van der Waals surface area contributed by atoms with Gasteiger partial charge in [0.2, 0.25) is 0 Å². The van der Waals surface area contributed by atoms with E-state index in [2.05, 4.69) is 89.0 Å². The van der Waals surface area contributed by atoms with Crippen LogP contribution in [0.1, 0.15) is 33.9 Å². The Labute approximate surface area is 181 Å². The van der Waals surface area contributed by atoms with E-state index in [1.165, 1.54) is 33.9 Å². The predicted molar refractivity (Wildman–Crippen MR) is 83.7 cm³/mol. The molecule has 0 amide bonds. The van der Waals surface area contributed by atoms with Gasteiger partial charge in [-0.25, -0.2) is 46.4 Å². The standard InChI is InChI=1S/2C9H14N.2ClHO4/c2*1-7-5-8(2)10(4)9(3)6-7;2*2-1(3,4)5/h2*5-6H,1-4H3;2*(H,2,3,4,5)/q2*+1;;/p-2. The Kier molecular flexibility index (Phi) is 13.4. The van der Waals surface area contributed by atoms with Gasteiger partial charge in [0.15, 0.2) is 22.8 Å². The zero-order chi connectivity index (χ0) is 24.4. The van der Waals surface area contributed by atoms with E-state index in [1.54, 1.807) is 0 Å². The summed E-state index contributed by atoms with van der Waals surface area (Å²) in [5, 5.41) is 0. The third-order valence-corrected chi connectivity index (χ3v) is 3.86. The number of aryl methyl sites for hydroxylation is 6. The van der Waals surface area contributed by atoms with E-state index in [9.17, 15) is 0 Å². The van der Waals surface area contributed by atoms with E-state index in [4.69, 9.17) is 37.3 Å². The Bertz CT molecular complexity index is 680. The maximum atomic E-state index is 8.49. The third-order valence-electron chi connectivity index (χ3n) is 3.86. The van der Waals surface area contributed by atoms with Crippen LogP contribution in [0.25, 0.3) is 0 Å². The van der Waals surface area contributed by atoms with Crippen LogP contribution in [0.5, 0.6) is 0 Å². The van der Waals surface area contributed by atoms with E-state index < -0.39 is 20.5 Å². The minimum Gasteiger partial charge on any atom is -0.222 e. The van der Waals surface area contributed by atoms with Crippen molar-refractivity contribution >= 4 is 0 Å². The summed E-state index contributed by atoms with van der Waals surface area (Å²) in [6.45, 7) is 12.8. The number of aromatic nitrogens is 2. The van der Waals surface area contributed by atoms with Gasteiger partial charge >= 0.3 is 0 Å². The van der Waals surface area contributed by atoms with Gasteiger partial charge in [-0.05, 0) is 25.0 Å². The molecule has 0 aliphatic carbocycles. The molecule has 2 heterocycles. The first kappa shape index (κ1) is 30.8. The second-order valence-corrected chi connectivity index (χ2v) is 8.02. The fraction of sp³-hybridized carbons (Fsp3) is 0.444. The average molecular weight is 471 g/mol. The molecule has 0 aliphatic heterocycles. The average Bonchev–Trinajstić information content (AvgIpc) is 2.47. The van der Waals surface area contributed by atoms with E-state index in [1.807, 2.05) is 0 Å². The first-order valence-corrected chi connectivity index (χ1v) is 10.8. The van der Waals surface area contributed by atoms with Gasteiger partial charge in [0, 0.05) is 52.0 Å². The summed E-state index contributed by atoms with van der Waals surface area (Å²) >= 11 is 0. The van der Waals surface area contributed by atoms with E-state index in [0.717, 1.165) is 0 Å². The smallest absolute Gasteiger partial charge is 0.178 e. The van der Waals surface area contributed by atoms with Crippen molar-refractivity contribution in [3.8, 4) is 0 Å². The first-order valence-electron chi connectivity index (χ1n) is 8.33. The quantitative estimate of drug-likeness (QED) is 0.338. The molecule has 10 nitrogen and oxygen atoms in total. The molecule has 0 fully saturated rings. The molecule has 0 saturated heterocycles. The predicted octanol–water partition coefficient (Wildman–Crippen LogP) is -6.64. The highest BCUT2D eigenvalue weighted by atomic mass is 35.7. The Morgan fingerprint density at radius 1 is 0.467 bits per heavy atom. The number of pyridine rings is 2. The molecule has 172 valence electrons. The van der Waals surface area contributed by atoms with Crippen LogP contribution in [-0.4, -0.2) is 0 Å². The lowest BCUT2D eigenvalue weighted by molar-refractivity contribution is -2.00. The molecule has 0 aromatic carbocycles. The molecule has 2 rings (SSSR count). The topological polar surface area (TPSA) is 192 Å². The highest BCUT2D eigenvalue weighted by Crippen LogP contribution is 2.00. The molecule has 2 aromatic heterocycles. The zero-order valence-corrected chi connectivity index (χ0v) is 19.7. The van der Waals surface area contributed by atoms with Crippen LogP contribution in [-0.2, 0) is 14.1 Å². The van der Waals surface area contributed by atoms with Gasteiger partial charge in [-0.2, -0.15) is 0 Å². The maximum absolute atomic E-state index is 8.49. The highest BCUT2D eigenvalue weighted by Gasteiger charge is 2.04. The lowest BCUT2D eigenvalue weighted by atomic mass is 10.2. The van der Waals surface area contributed by atoms with Gasteiger partial charge in [-0.15, -0.1) is 20.5 Å². The van der Waals surface area contributed by atoms with Crippen molar-refractivity contribution in [2.45, 2.75) is 41.5 Å². The zero-order valence-electron chi connectivity index (χ0n) is 18.2. The lowest BCUT2D eigenvalue weighted by Crippen LogP contribution is -2.68. The molecule has 2 aromatic rings. The highest BCUT2D eigenvalue weighted by molar-refractivity contribution is 5.14. The Morgan fingerprint density at radius 2 is 0.600 bits per heavy atom. The summed E-state index contributed by atoms with van der Waals surface area (Å²) in [6, 6.07) is 8.75. The summed E-state index contributed by atoms with van der Waals surface area (Å²) in [5.74, 6) is 0. The largest absolute Gasteiger partial charge is 0.222 e. The Balaban J connectivity index is 0. The molecule has 0 atom stereocenters. The van der Waals surface area contributed by atoms with Gasteiger partial charge in [-0.3, -0.25) is 0 Å². The van der Waals surface area contributed by atoms with Crippen LogP contribution in [0.15, 0.2) is 24.3 Å². The van der Waals surface area contributed by atoms with Crippen LogP contribution < -0.4 is 46.4 Å². The van der Waals surface area contributed by atoms with Crippen molar-refractivity contribution in [2.75, 3.05) is 0 Å². The molecule has 30 heavy (non-hydrogen) atoms. The summed E-state index contributed by atoms with van der Waals surface area (Å²) in [7, 11) is -5.71. The number of hydrogen-bond acceptors (Lipinski definition) is 8. The van der Waals surface area contributed by atoms with Gasteiger partial charge in [0.05, 0.1) is 0 Å². The number of hydrogen-bond donors (Lipinski definition) is 0. The fourth-order valence-electron chi connectivity index (χ4n) is 2.34. The fourth-order valence-corrected chi connectivity index (χ4v) is 2.34. The molecule has 0 radical (unpaired) electrons. The summed E-state index contributed by atoms with van der Waals surface area (Å²) in [4.78, 5) is 0. The molecule has 0 aliphatic rings. The van der Waals surface area contributed by atoms with Gasteiger partial charge in [0.1, 0.15) is 14.1 Å². The third kappa shape index (κ3) is 18.6. The molecule has 0 N–H and O–H groups in total. The van der Waals surface area contributed by atoms with Crippen molar-refractivity contribution in [1.29, 1.82) is 0 Å². The van der Waals surface area contributed by atoms with Crippen LogP contribution in [0.2, 0.25) is 0 Å². The van der Waals surface area contributed by atoms with Crippen LogP contribution in [0, 0.1) is 62.0 Å². The van der Waals surface area contributed by atoms with Crippen molar-refractivity contribution in [3.63, 3.8) is 0 Å². The van der Waals surface area contributed by atoms with Crippen LogP contribution in [0.4, 0.5) is 0 Å². The molecular weight excluding hydrogens is 443 g/mol. The minimum atomic E-state index is -4.94. The van der Waals surface area contributed by atoms with Crippen LogP contribution in [0.3, 0.4) is 0 Å². The van der Waals surface area contributed by atoms with Crippen molar-refractivity contribution in [1.82, 2.24) is 0 Å².